The number of carbonyl (C=O) groups is 1. The number of hydrogen-bond donors (Lipinski definition) is 1. The number of nitrogens with one attached hydrogen (secondary N) is 1. The maximum absolute atomic E-state index is 13.0. The number of aryl methyl sites for hydroxylation is 1. The normalized spacial score (nSPS) is 11.2. The Labute approximate surface area is 192 Å². The third kappa shape index (κ3) is 5.43. The third-order valence-electron chi connectivity index (χ3n) is 4.88. The molecule has 0 saturated heterocycles. The van der Waals surface area contributed by atoms with Crippen molar-refractivity contribution in [1.29, 1.82) is 0 Å². The van der Waals surface area contributed by atoms with Crippen molar-refractivity contribution in [1.82, 2.24) is 10.2 Å². The summed E-state index contributed by atoms with van der Waals surface area (Å²) in [4.78, 5) is 12.6. The summed E-state index contributed by atoms with van der Waals surface area (Å²) in [6.07, 6.45) is 4.14. The van der Waals surface area contributed by atoms with Gasteiger partial charge in [-0.3, -0.25) is 14.4 Å². The van der Waals surface area contributed by atoms with Crippen LogP contribution in [0.15, 0.2) is 53.4 Å². The first kappa shape index (κ1) is 23.7. The molecule has 0 unspecified atom stereocenters. The van der Waals surface area contributed by atoms with Crippen molar-refractivity contribution in [3.8, 4) is 5.75 Å². The molecule has 1 heterocycles. The van der Waals surface area contributed by atoms with Gasteiger partial charge >= 0.3 is 0 Å². The van der Waals surface area contributed by atoms with Gasteiger partial charge in [-0.05, 0) is 42.8 Å². The summed E-state index contributed by atoms with van der Waals surface area (Å²) in [5, 5.41) is 12.1. The zero-order chi connectivity index (χ0) is 23.1. The molecule has 0 aliphatic heterocycles. The van der Waals surface area contributed by atoms with Crippen LogP contribution in [0.1, 0.15) is 41.6 Å². The lowest BCUT2D eigenvalue weighted by atomic mass is 10.2. The van der Waals surface area contributed by atoms with Crippen molar-refractivity contribution >= 4 is 38.1 Å². The zero-order valence-electron chi connectivity index (χ0n) is 18.2. The molecule has 2 aromatic carbocycles. The molecule has 32 heavy (non-hydrogen) atoms. The van der Waals surface area contributed by atoms with E-state index in [1.165, 1.54) is 49.8 Å². The van der Waals surface area contributed by atoms with Crippen molar-refractivity contribution in [2.75, 3.05) is 23.8 Å². The van der Waals surface area contributed by atoms with Crippen LogP contribution in [-0.4, -0.2) is 38.7 Å². The maximum Gasteiger partial charge on any atom is 0.264 e. The molecule has 0 saturated carbocycles. The van der Waals surface area contributed by atoms with Crippen LogP contribution in [0.4, 0.5) is 10.8 Å². The highest BCUT2D eigenvalue weighted by atomic mass is 32.2. The van der Waals surface area contributed by atoms with Gasteiger partial charge in [-0.2, -0.15) is 0 Å². The minimum Gasteiger partial charge on any atom is -0.495 e. The number of carbonyl (C=O) groups excluding carboxylic acids is 1. The third-order valence-corrected chi connectivity index (χ3v) is 7.56. The monoisotopic (exact) mass is 474 g/mol. The second-order valence-electron chi connectivity index (χ2n) is 7.08. The molecule has 0 radical (unpaired) electrons. The summed E-state index contributed by atoms with van der Waals surface area (Å²) in [6.45, 7) is 2.14. The number of benzene rings is 2. The van der Waals surface area contributed by atoms with Crippen LogP contribution in [0.25, 0.3) is 0 Å². The van der Waals surface area contributed by atoms with Crippen molar-refractivity contribution in [2.24, 2.45) is 0 Å². The predicted octanol–water partition coefficient (Wildman–Crippen LogP) is 4.36. The Morgan fingerprint density at radius 3 is 2.50 bits per heavy atom. The van der Waals surface area contributed by atoms with Gasteiger partial charge in [-0.15, -0.1) is 10.2 Å². The molecule has 3 rings (SSSR count). The smallest absolute Gasteiger partial charge is 0.264 e. The first-order chi connectivity index (χ1) is 15.4. The Kier molecular flexibility index (Phi) is 7.81. The van der Waals surface area contributed by atoms with E-state index in [1.807, 2.05) is 0 Å². The van der Waals surface area contributed by atoms with Crippen LogP contribution in [0, 0.1) is 0 Å². The van der Waals surface area contributed by atoms with Crippen molar-refractivity contribution < 1.29 is 17.9 Å². The Morgan fingerprint density at radius 2 is 1.81 bits per heavy atom. The van der Waals surface area contributed by atoms with E-state index < -0.39 is 10.0 Å². The molecule has 0 atom stereocenters. The molecule has 0 bridgehead atoms. The number of para-hydroxylation sites is 2. The van der Waals surface area contributed by atoms with E-state index in [0.717, 1.165) is 35.0 Å². The minimum atomic E-state index is -3.83. The highest BCUT2D eigenvalue weighted by Crippen LogP contribution is 2.31. The number of rotatable bonds is 10. The molecule has 3 aromatic rings. The Balaban J connectivity index is 1.70. The number of ether oxygens (including phenoxy) is 1. The number of nitrogens with zero attached hydrogens (tertiary/aromatic N) is 3. The van der Waals surface area contributed by atoms with Crippen LogP contribution in [0.5, 0.6) is 5.75 Å². The molecule has 0 spiro atoms. The molecule has 1 aromatic heterocycles. The van der Waals surface area contributed by atoms with Crippen molar-refractivity contribution in [2.45, 2.75) is 37.5 Å². The molecule has 170 valence electrons. The average molecular weight is 475 g/mol. The largest absolute Gasteiger partial charge is 0.495 e. The molecular weight excluding hydrogens is 448 g/mol. The highest BCUT2D eigenvalue weighted by molar-refractivity contribution is 7.92. The lowest BCUT2D eigenvalue weighted by Gasteiger charge is -2.21. The van der Waals surface area contributed by atoms with Gasteiger partial charge in [0.1, 0.15) is 10.8 Å². The summed E-state index contributed by atoms with van der Waals surface area (Å²) < 4.78 is 32.5. The second kappa shape index (κ2) is 10.6. The number of methoxy groups -OCH3 is 1. The van der Waals surface area contributed by atoms with E-state index in [1.54, 1.807) is 24.3 Å². The van der Waals surface area contributed by atoms with E-state index >= 15 is 0 Å². The van der Waals surface area contributed by atoms with Gasteiger partial charge in [0.2, 0.25) is 5.13 Å². The first-order valence-electron chi connectivity index (χ1n) is 10.2. The van der Waals surface area contributed by atoms with Gasteiger partial charge in [-0.25, -0.2) is 8.42 Å². The van der Waals surface area contributed by atoms with E-state index in [4.69, 9.17) is 4.74 Å². The highest BCUT2D eigenvalue weighted by Gasteiger charge is 2.24. The fourth-order valence-corrected chi connectivity index (χ4v) is 5.04. The first-order valence-corrected chi connectivity index (χ1v) is 12.5. The number of unbranched alkanes of at least 4 members (excludes halogenated alkanes) is 2. The summed E-state index contributed by atoms with van der Waals surface area (Å²) in [6, 6.07) is 12.6. The van der Waals surface area contributed by atoms with Gasteiger partial charge in [0.15, 0.2) is 0 Å². The lowest BCUT2D eigenvalue weighted by Crippen LogP contribution is -2.27. The summed E-state index contributed by atoms with van der Waals surface area (Å²) in [7, 11) is -0.888. The van der Waals surface area contributed by atoms with E-state index in [2.05, 4.69) is 22.4 Å². The number of sulfonamides is 1. The quantitative estimate of drug-likeness (QED) is 0.438. The predicted molar refractivity (Wildman–Crippen MR) is 126 cm³/mol. The summed E-state index contributed by atoms with van der Waals surface area (Å²) >= 11 is 1.35. The van der Waals surface area contributed by atoms with Gasteiger partial charge in [0.25, 0.3) is 15.9 Å². The van der Waals surface area contributed by atoms with Gasteiger partial charge in [0, 0.05) is 19.0 Å². The zero-order valence-corrected chi connectivity index (χ0v) is 19.9. The van der Waals surface area contributed by atoms with Crippen LogP contribution in [0.3, 0.4) is 0 Å². The average Bonchev–Trinajstić information content (AvgIpc) is 3.25. The SMILES string of the molecule is CCCCCc1nnc(NC(=O)c2ccc(S(=O)(=O)N(C)c3ccccc3OC)cc2)s1. The molecule has 10 heteroatoms. The minimum absolute atomic E-state index is 0.0663. The van der Waals surface area contributed by atoms with Crippen molar-refractivity contribution in [3.05, 3.63) is 59.1 Å². The Morgan fingerprint density at radius 1 is 1.09 bits per heavy atom. The van der Waals surface area contributed by atoms with E-state index in [-0.39, 0.29) is 10.8 Å². The molecular formula is C22H26N4O4S2. The fraction of sp³-hybridized carbons (Fsp3) is 0.318. The Hall–Kier alpha value is -2.98. The number of anilines is 2. The number of aromatic nitrogens is 2. The topological polar surface area (TPSA) is 101 Å². The second-order valence-corrected chi connectivity index (χ2v) is 10.1. The fourth-order valence-electron chi connectivity index (χ4n) is 3.06. The molecule has 1 amide bonds. The van der Waals surface area contributed by atoms with Gasteiger partial charge in [-0.1, -0.05) is 43.2 Å². The summed E-state index contributed by atoms with van der Waals surface area (Å²) in [5.41, 5.74) is 0.745. The Bertz CT molecular complexity index is 1160. The molecule has 8 nitrogen and oxygen atoms in total. The molecule has 0 aliphatic rings. The van der Waals surface area contributed by atoms with Gasteiger partial charge in [0.05, 0.1) is 17.7 Å². The van der Waals surface area contributed by atoms with Crippen LogP contribution in [0.2, 0.25) is 0 Å². The van der Waals surface area contributed by atoms with Gasteiger partial charge < -0.3 is 4.74 Å². The molecule has 0 fully saturated rings. The van der Waals surface area contributed by atoms with Crippen LogP contribution < -0.4 is 14.4 Å². The van der Waals surface area contributed by atoms with Crippen LogP contribution >= 0.6 is 11.3 Å². The van der Waals surface area contributed by atoms with Crippen molar-refractivity contribution in [3.63, 3.8) is 0 Å². The number of hydrogen-bond acceptors (Lipinski definition) is 7. The molecule has 0 aliphatic carbocycles. The standard InChI is InChI=1S/C22H26N4O4S2/c1-4-5-6-11-20-24-25-22(31-20)23-21(27)16-12-14-17(15-13-16)32(28,29)26(2)18-9-7-8-10-19(18)30-3/h7-10,12-15H,4-6,11H2,1-3H3,(H,23,25,27). The van der Waals surface area contributed by atoms with E-state index in [0.29, 0.717) is 22.1 Å². The maximum atomic E-state index is 13.0. The van der Waals surface area contributed by atoms with E-state index in [9.17, 15) is 13.2 Å². The van der Waals surface area contributed by atoms with Crippen LogP contribution in [-0.2, 0) is 16.4 Å². The lowest BCUT2D eigenvalue weighted by molar-refractivity contribution is 0.102. The molecule has 1 N–H and O–H groups in total. The summed E-state index contributed by atoms with van der Waals surface area (Å²) in [5.74, 6) is 0.0731. The number of amides is 1.